The molecule has 0 N–H and O–H groups in total. The third kappa shape index (κ3) is 1.37. The van der Waals surface area contributed by atoms with Crippen molar-refractivity contribution in [3.63, 3.8) is 0 Å². The van der Waals surface area contributed by atoms with Crippen LogP contribution in [-0.2, 0) is 0 Å². The Morgan fingerprint density at radius 2 is 1.00 bits per heavy atom. The molecule has 0 atom stereocenters. The van der Waals surface area contributed by atoms with Gasteiger partial charge in [-0.3, -0.25) is 0 Å². The molecule has 2 heterocycles. The highest BCUT2D eigenvalue weighted by Crippen LogP contribution is 2.30. The molecule has 56 valence electrons. The van der Waals surface area contributed by atoms with Crippen LogP contribution in [0.5, 0.6) is 0 Å². The molecule has 0 spiro atoms. The van der Waals surface area contributed by atoms with Gasteiger partial charge in [0.05, 0.1) is 0 Å². The molecule has 0 aromatic rings. The van der Waals surface area contributed by atoms with Crippen molar-refractivity contribution in [2.75, 3.05) is 0 Å². The molecule has 2 aliphatic heterocycles. The van der Waals surface area contributed by atoms with Gasteiger partial charge in [-0.05, 0) is 0 Å². The van der Waals surface area contributed by atoms with Crippen LogP contribution in [0.3, 0.4) is 0 Å². The predicted molar refractivity (Wildman–Crippen MR) is 49.2 cm³/mol. The summed E-state index contributed by atoms with van der Waals surface area (Å²) < 4.78 is 0. The van der Waals surface area contributed by atoms with Crippen LogP contribution in [0.15, 0.2) is 0 Å². The highest BCUT2D eigenvalue weighted by Gasteiger charge is 2.30. The molecule has 0 aromatic heterocycles. The summed E-state index contributed by atoms with van der Waals surface area (Å²) in [6.07, 6.45) is 6.36. The standard InChI is InChI=1S/C8H16Si2/c1-2-5-9(6-3-1)10-7-4-8-10/h1-8H2. The van der Waals surface area contributed by atoms with E-state index in [4.69, 9.17) is 0 Å². The summed E-state index contributed by atoms with van der Waals surface area (Å²) in [6, 6.07) is 6.83. The lowest BCUT2D eigenvalue weighted by atomic mass is 10.3. The van der Waals surface area contributed by atoms with Crippen LogP contribution in [0.25, 0.3) is 0 Å². The molecule has 0 nitrogen and oxygen atoms in total. The SMILES string of the molecule is C1CC[Si]([Si]2CCC2)CC1. The molecule has 10 heavy (non-hydrogen) atoms. The van der Waals surface area contributed by atoms with E-state index in [2.05, 4.69) is 0 Å². The van der Waals surface area contributed by atoms with E-state index >= 15 is 0 Å². The molecule has 0 amide bonds. The largest absolute Gasteiger partial charge is 0.0615 e. The van der Waals surface area contributed by atoms with Crippen molar-refractivity contribution in [1.82, 2.24) is 0 Å². The second kappa shape index (κ2) is 3.22. The summed E-state index contributed by atoms with van der Waals surface area (Å²) in [7, 11) is 0.665. The molecule has 0 aliphatic carbocycles. The molecule has 0 bridgehead atoms. The van der Waals surface area contributed by atoms with Gasteiger partial charge in [-0.25, -0.2) is 0 Å². The van der Waals surface area contributed by atoms with E-state index in [0.717, 1.165) is 0 Å². The van der Waals surface area contributed by atoms with Crippen LogP contribution in [0.4, 0.5) is 0 Å². The third-order valence-corrected chi connectivity index (χ3v) is 13.7. The zero-order valence-corrected chi connectivity index (χ0v) is 8.66. The van der Waals surface area contributed by atoms with Crippen LogP contribution in [0.1, 0.15) is 25.7 Å². The maximum Gasteiger partial charge on any atom is 0.0377 e. The van der Waals surface area contributed by atoms with E-state index < -0.39 is 0 Å². The fraction of sp³-hybridized carbons (Fsp3) is 1.00. The summed E-state index contributed by atoms with van der Waals surface area (Å²) in [5.74, 6) is 0. The van der Waals surface area contributed by atoms with Crippen LogP contribution >= 0.6 is 0 Å². The number of hydrogen-bond donors (Lipinski definition) is 0. The molecular formula is C8H16Si2. The van der Waals surface area contributed by atoms with Crippen molar-refractivity contribution in [3.05, 3.63) is 0 Å². The van der Waals surface area contributed by atoms with E-state index in [1.165, 1.54) is 0 Å². The monoisotopic (exact) mass is 168 g/mol. The number of rotatable bonds is 1. The molecule has 0 unspecified atom stereocenters. The molecular weight excluding hydrogens is 152 g/mol. The van der Waals surface area contributed by atoms with Crippen LogP contribution in [-0.4, -0.2) is 16.6 Å². The van der Waals surface area contributed by atoms with Gasteiger partial charge in [0, 0.05) is 16.6 Å². The first-order valence-electron chi connectivity index (χ1n) is 4.66. The molecule has 0 aromatic carbocycles. The van der Waals surface area contributed by atoms with E-state index in [9.17, 15) is 0 Å². The molecule has 2 saturated heterocycles. The topological polar surface area (TPSA) is 0 Å². The normalized spacial score (nSPS) is 30.0. The Morgan fingerprint density at radius 3 is 1.40 bits per heavy atom. The van der Waals surface area contributed by atoms with Gasteiger partial charge in [-0.1, -0.05) is 49.9 Å². The Bertz CT molecular complexity index is 104. The Labute approximate surface area is 67.0 Å². The van der Waals surface area contributed by atoms with Gasteiger partial charge in [0.25, 0.3) is 0 Å². The van der Waals surface area contributed by atoms with E-state index in [1.807, 2.05) is 0 Å². The van der Waals surface area contributed by atoms with Gasteiger partial charge in [-0.15, -0.1) is 0 Å². The summed E-state index contributed by atoms with van der Waals surface area (Å²) in [5.41, 5.74) is 0. The second-order valence-electron chi connectivity index (χ2n) is 3.62. The maximum absolute atomic E-state index is 1.71. The van der Waals surface area contributed by atoms with E-state index in [1.54, 1.807) is 49.9 Å². The first-order chi connectivity index (χ1) is 4.97. The zero-order chi connectivity index (χ0) is 6.81. The Hall–Kier alpha value is 0.434. The van der Waals surface area contributed by atoms with Crippen molar-refractivity contribution in [1.29, 1.82) is 0 Å². The minimum absolute atomic E-state index is 0.312. The van der Waals surface area contributed by atoms with Crippen LogP contribution in [0, 0.1) is 0 Å². The van der Waals surface area contributed by atoms with E-state index in [-0.39, 0.29) is 0 Å². The highest BCUT2D eigenvalue weighted by molar-refractivity contribution is 7.23. The molecule has 0 saturated carbocycles. The van der Waals surface area contributed by atoms with Crippen molar-refractivity contribution in [3.8, 4) is 0 Å². The van der Waals surface area contributed by atoms with Crippen molar-refractivity contribution < 1.29 is 0 Å². The Balaban J connectivity index is 1.78. The average molecular weight is 168 g/mol. The minimum Gasteiger partial charge on any atom is -0.0615 e. The van der Waals surface area contributed by atoms with Gasteiger partial charge in [-0.2, -0.15) is 0 Å². The quantitative estimate of drug-likeness (QED) is 0.528. The third-order valence-electron chi connectivity index (χ3n) is 2.91. The first-order valence-corrected chi connectivity index (χ1v) is 9.49. The fourth-order valence-corrected chi connectivity index (χ4v) is 12.1. The molecule has 2 rings (SSSR count). The fourth-order valence-electron chi connectivity index (χ4n) is 2.04. The molecule has 2 heteroatoms. The van der Waals surface area contributed by atoms with Gasteiger partial charge >= 0.3 is 0 Å². The predicted octanol–water partition coefficient (Wildman–Crippen LogP) is 2.64. The maximum atomic E-state index is 1.71. The van der Waals surface area contributed by atoms with Gasteiger partial charge in [0.15, 0.2) is 0 Å². The minimum atomic E-state index is 0.312. The lowest BCUT2D eigenvalue weighted by Crippen LogP contribution is -2.41. The van der Waals surface area contributed by atoms with Crippen LogP contribution < -0.4 is 0 Å². The lowest BCUT2D eigenvalue weighted by Gasteiger charge is -2.33. The van der Waals surface area contributed by atoms with Crippen molar-refractivity contribution in [2.45, 2.75) is 49.9 Å². The smallest absolute Gasteiger partial charge is 0.0377 e. The molecule has 2 aliphatic rings. The van der Waals surface area contributed by atoms with Gasteiger partial charge in [0.1, 0.15) is 0 Å². The first kappa shape index (κ1) is 7.10. The zero-order valence-electron chi connectivity index (χ0n) is 6.66. The summed E-state index contributed by atoms with van der Waals surface area (Å²) in [4.78, 5) is 0. The number of hydrogen-bond acceptors (Lipinski definition) is 0. The average Bonchev–Trinajstić information content (AvgIpc) is 1.86. The summed E-state index contributed by atoms with van der Waals surface area (Å²) in [5, 5.41) is 0. The van der Waals surface area contributed by atoms with Gasteiger partial charge < -0.3 is 0 Å². The Morgan fingerprint density at radius 1 is 0.500 bits per heavy atom. The lowest BCUT2D eigenvalue weighted by molar-refractivity contribution is 0.727. The molecule has 2 radical (unpaired) electrons. The summed E-state index contributed by atoms with van der Waals surface area (Å²) >= 11 is 0. The Kier molecular flexibility index (Phi) is 2.29. The van der Waals surface area contributed by atoms with E-state index in [0.29, 0.717) is 16.6 Å². The second-order valence-corrected chi connectivity index (χ2v) is 12.3. The van der Waals surface area contributed by atoms with Gasteiger partial charge in [0.2, 0.25) is 0 Å². The highest BCUT2D eigenvalue weighted by atomic mass is 29.2. The summed E-state index contributed by atoms with van der Waals surface area (Å²) in [6.45, 7) is 0. The van der Waals surface area contributed by atoms with Crippen molar-refractivity contribution >= 4 is 16.6 Å². The van der Waals surface area contributed by atoms with Crippen molar-refractivity contribution in [2.24, 2.45) is 0 Å². The van der Waals surface area contributed by atoms with Crippen LogP contribution in [0.2, 0.25) is 24.2 Å². The molecule has 2 fully saturated rings.